The first-order valence-electron chi connectivity index (χ1n) is 21.6. The molecular weight excluding hydrogens is 773 g/mol. The van der Waals surface area contributed by atoms with Crippen LogP contribution >= 0.6 is 0 Å². The molecule has 4 aromatic carbocycles. The molecule has 12 heteroatoms. The topological polar surface area (TPSA) is 153 Å². The highest BCUT2D eigenvalue weighted by molar-refractivity contribution is 5.76. The van der Waals surface area contributed by atoms with E-state index < -0.39 is 12.2 Å². The summed E-state index contributed by atoms with van der Waals surface area (Å²) in [6.07, 6.45) is 7.41. The smallest absolute Gasteiger partial charge is 0.407 e. The van der Waals surface area contributed by atoms with Gasteiger partial charge in [-0.05, 0) is 54.4 Å². The Balaban J connectivity index is 0.957. The Hall–Kier alpha value is -5.72. The second-order valence-corrected chi connectivity index (χ2v) is 15.0. The number of hydrogen-bond donors (Lipinski definition) is 4. The molecule has 4 aromatic rings. The van der Waals surface area contributed by atoms with E-state index in [4.69, 9.17) is 18.9 Å². The Morgan fingerprint density at radius 2 is 0.770 bits per heavy atom. The molecule has 0 aliphatic carbocycles. The lowest BCUT2D eigenvalue weighted by molar-refractivity contribution is -0.122. The summed E-state index contributed by atoms with van der Waals surface area (Å²) in [7, 11) is 0. The Morgan fingerprint density at radius 1 is 0.410 bits per heavy atom. The highest BCUT2D eigenvalue weighted by Crippen LogP contribution is 2.10. The molecule has 328 valence electrons. The third-order valence-electron chi connectivity index (χ3n) is 9.82. The van der Waals surface area contributed by atoms with Crippen molar-refractivity contribution in [3.8, 4) is 0 Å². The van der Waals surface area contributed by atoms with Gasteiger partial charge in [-0.25, -0.2) is 9.59 Å². The summed E-state index contributed by atoms with van der Waals surface area (Å²) in [4.78, 5) is 50.2. The van der Waals surface area contributed by atoms with Crippen LogP contribution in [-0.4, -0.2) is 75.6 Å². The Labute approximate surface area is 361 Å². The maximum absolute atomic E-state index is 12.6. The van der Waals surface area contributed by atoms with Crippen LogP contribution in [0.4, 0.5) is 9.59 Å². The third-order valence-corrected chi connectivity index (χ3v) is 9.82. The zero-order valence-corrected chi connectivity index (χ0v) is 35.4. The van der Waals surface area contributed by atoms with Crippen LogP contribution in [0.5, 0.6) is 0 Å². The predicted octanol–water partition coefficient (Wildman–Crippen LogP) is 7.84. The number of rotatable bonds is 30. The van der Waals surface area contributed by atoms with Gasteiger partial charge in [0.05, 0.1) is 25.3 Å². The summed E-state index contributed by atoms with van der Waals surface area (Å²) >= 11 is 0. The van der Waals surface area contributed by atoms with Crippen LogP contribution < -0.4 is 21.3 Å². The molecule has 0 spiro atoms. The number of nitrogens with one attached hydrogen (secondary N) is 4. The SMILES string of the molecule is O=C(CCCCCCCCOCCOCCCC(=O)NCC(Cc1ccccc1)NC(=O)OCc1ccccc1)NCC(Cc1ccccc1)NC(=O)OCc1ccccc1. The van der Waals surface area contributed by atoms with Crippen molar-refractivity contribution in [1.29, 1.82) is 0 Å². The molecule has 0 saturated heterocycles. The standard InChI is InChI=1S/C49H64N4O8/c54-46(50-36-44(34-40-20-9-5-10-21-40)52-48(56)60-38-42-24-13-7-14-25-42)28-17-3-1-2-4-18-30-58-32-33-59-31-19-29-47(55)51-37-45(35-41-22-11-6-12-23-41)53-49(57)61-39-43-26-15-8-16-27-43/h5-16,20-27,44-45H,1-4,17-19,28-39H2,(H,50,54)(H,51,55)(H,52,56)(H,53,57). The van der Waals surface area contributed by atoms with Crippen LogP contribution in [0, 0.1) is 0 Å². The average Bonchev–Trinajstić information content (AvgIpc) is 3.28. The molecule has 0 bridgehead atoms. The van der Waals surface area contributed by atoms with Crippen molar-refractivity contribution in [2.45, 2.75) is 95.9 Å². The Bertz CT molecular complexity index is 1650. The third kappa shape index (κ3) is 23.0. The van der Waals surface area contributed by atoms with E-state index in [9.17, 15) is 19.2 Å². The van der Waals surface area contributed by atoms with E-state index in [1.165, 1.54) is 0 Å². The number of hydrogen-bond acceptors (Lipinski definition) is 8. The molecule has 0 aromatic heterocycles. The second-order valence-electron chi connectivity index (χ2n) is 15.0. The van der Waals surface area contributed by atoms with E-state index >= 15 is 0 Å². The van der Waals surface area contributed by atoms with E-state index in [0.29, 0.717) is 65.1 Å². The first-order chi connectivity index (χ1) is 29.9. The van der Waals surface area contributed by atoms with Gasteiger partial charge in [0.2, 0.25) is 11.8 Å². The van der Waals surface area contributed by atoms with Crippen LogP contribution in [0.1, 0.15) is 80.0 Å². The lowest BCUT2D eigenvalue weighted by atomic mass is 10.1. The molecule has 0 aliphatic heterocycles. The number of alkyl carbamates (subject to hydrolysis) is 2. The minimum atomic E-state index is -0.527. The molecule has 4 N–H and O–H groups in total. The van der Waals surface area contributed by atoms with Crippen LogP contribution in [0.15, 0.2) is 121 Å². The molecule has 0 saturated carbocycles. The van der Waals surface area contributed by atoms with Crippen molar-refractivity contribution < 1.29 is 38.1 Å². The molecule has 4 amide bonds. The lowest BCUT2D eigenvalue weighted by Crippen LogP contribution is -2.45. The maximum atomic E-state index is 12.6. The number of benzene rings is 4. The average molecular weight is 837 g/mol. The van der Waals surface area contributed by atoms with Gasteiger partial charge in [-0.3, -0.25) is 9.59 Å². The van der Waals surface area contributed by atoms with E-state index in [2.05, 4.69) is 21.3 Å². The van der Waals surface area contributed by atoms with Crippen LogP contribution in [0.25, 0.3) is 0 Å². The number of ether oxygens (including phenoxy) is 4. The maximum Gasteiger partial charge on any atom is 0.407 e. The van der Waals surface area contributed by atoms with E-state index in [0.717, 1.165) is 60.8 Å². The van der Waals surface area contributed by atoms with Gasteiger partial charge in [-0.2, -0.15) is 0 Å². The monoisotopic (exact) mass is 836 g/mol. The molecule has 0 heterocycles. The molecule has 2 unspecified atom stereocenters. The van der Waals surface area contributed by atoms with Crippen molar-refractivity contribution in [3.05, 3.63) is 144 Å². The zero-order chi connectivity index (χ0) is 43.0. The van der Waals surface area contributed by atoms with Gasteiger partial charge in [0, 0.05) is 39.1 Å². The van der Waals surface area contributed by atoms with Gasteiger partial charge >= 0.3 is 12.2 Å². The summed E-state index contributed by atoms with van der Waals surface area (Å²) in [5.74, 6) is -0.121. The Kier molecular flexibility index (Phi) is 23.8. The van der Waals surface area contributed by atoms with E-state index in [-0.39, 0.29) is 43.7 Å². The molecule has 0 aliphatic rings. The highest BCUT2D eigenvalue weighted by atomic mass is 16.6. The fourth-order valence-electron chi connectivity index (χ4n) is 6.51. The van der Waals surface area contributed by atoms with Crippen LogP contribution in [0.3, 0.4) is 0 Å². The summed E-state index contributed by atoms with van der Waals surface area (Å²) in [6.45, 7) is 3.07. The summed E-state index contributed by atoms with van der Waals surface area (Å²) in [5, 5.41) is 11.7. The van der Waals surface area contributed by atoms with Crippen molar-refractivity contribution in [2.24, 2.45) is 0 Å². The normalized spacial score (nSPS) is 11.8. The van der Waals surface area contributed by atoms with Crippen molar-refractivity contribution in [3.63, 3.8) is 0 Å². The molecule has 2 atom stereocenters. The van der Waals surface area contributed by atoms with Crippen molar-refractivity contribution >= 4 is 24.0 Å². The van der Waals surface area contributed by atoms with E-state index in [1.54, 1.807) is 0 Å². The first kappa shape index (κ1) is 48.0. The van der Waals surface area contributed by atoms with Crippen molar-refractivity contribution in [2.75, 3.05) is 39.5 Å². The lowest BCUT2D eigenvalue weighted by Gasteiger charge is -2.19. The van der Waals surface area contributed by atoms with Gasteiger partial charge in [0.1, 0.15) is 13.2 Å². The first-order valence-corrected chi connectivity index (χ1v) is 21.6. The van der Waals surface area contributed by atoms with Crippen LogP contribution in [-0.2, 0) is 54.6 Å². The summed E-state index contributed by atoms with van der Waals surface area (Å²) < 4.78 is 22.2. The molecule has 0 fully saturated rings. The van der Waals surface area contributed by atoms with Crippen molar-refractivity contribution in [1.82, 2.24) is 21.3 Å². The molecular formula is C49H64N4O8. The number of carbonyl (C=O) groups is 4. The number of carbonyl (C=O) groups excluding carboxylic acids is 4. The van der Waals surface area contributed by atoms with E-state index in [1.807, 2.05) is 121 Å². The quantitative estimate of drug-likeness (QED) is 0.0388. The zero-order valence-electron chi connectivity index (χ0n) is 35.4. The van der Waals surface area contributed by atoms with Gasteiger partial charge in [-0.1, -0.05) is 147 Å². The molecule has 12 nitrogen and oxygen atoms in total. The molecule has 61 heavy (non-hydrogen) atoms. The van der Waals surface area contributed by atoms with Gasteiger partial charge < -0.3 is 40.2 Å². The number of amides is 4. The highest BCUT2D eigenvalue weighted by Gasteiger charge is 2.17. The van der Waals surface area contributed by atoms with Gasteiger partial charge in [0.15, 0.2) is 0 Å². The van der Waals surface area contributed by atoms with Gasteiger partial charge in [0.25, 0.3) is 0 Å². The molecule has 0 radical (unpaired) electrons. The minimum Gasteiger partial charge on any atom is -0.445 e. The minimum absolute atomic E-state index is 0.0208. The summed E-state index contributed by atoms with van der Waals surface area (Å²) in [6, 6.07) is 38.1. The fraction of sp³-hybridized carbons (Fsp3) is 0.429. The second kappa shape index (κ2) is 30.3. The van der Waals surface area contributed by atoms with Gasteiger partial charge in [-0.15, -0.1) is 0 Å². The largest absolute Gasteiger partial charge is 0.445 e. The number of unbranched alkanes of at least 4 members (excludes halogenated alkanes) is 5. The summed E-state index contributed by atoms with van der Waals surface area (Å²) in [5.41, 5.74) is 3.92. The predicted molar refractivity (Wildman–Crippen MR) is 237 cm³/mol. The molecule has 4 rings (SSSR count). The fourth-order valence-corrected chi connectivity index (χ4v) is 6.51. The van der Waals surface area contributed by atoms with Crippen LogP contribution in [0.2, 0.25) is 0 Å². The Morgan fingerprint density at radius 3 is 1.21 bits per heavy atom.